The van der Waals surface area contributed by atoms with Crippen LogP contribution in [-0.2, 0) is 0 Å². The molecule has 0 aromatic heterocycles. The largest absolute Gasteiger partial charge is 0.497 e. The van der Waals surface area contributed by atoms with Crippen LogP contribution < -0.4 is 14.8 Å². The molecule has 2 fully saturated rings. The number of methoxy groups -OCH3 is 2. The number of hydrogen-bond donors (Lipinski definition) is 1. The number of fused-ring (bicyclic) bond motifs is 1. The van der Waals surface area contributed by atoms with Gasteiger partial charge in [0.05, 0.1) is 19.8 Å². The molecule has 0 radical (unpaired) electrons. The molecule has 1 aromatic rings. The monoisotopic (exact) mass is 312 g/mol. The Kier molecular flexibility index (Phi) is 4.96. The summed E-state index contributed by atoms with van der Waals surface area (Å²) in [5, 5.41) is 3.38. The Morgan fingerprint density at radius 2 is 1.86 bits per heavy atom. The molecule has 0 aliphatic carbocycles. The van der Waals surface area contributed by atoms with Gasteiger partial charge in [-0.25, -0.2) is 0 Å². The van der Waals surface area contributed by atoms with Crippen molar-refractivity contribution >= 4 is 18.3 Å². The molecular weight excluding hydrogens is 292 g/mol. The molecule has 2 saturated heterocycles. The first-order chi connectivity index (χ1) is 9.72. The minimum Gasteiger partial charge on any atom is -0.497 e. The van der Waals surface area contributed by atoms with Gasteiger partial charge in [-0.15, -0.1) is 12.4 Å². The van der Waals surface area contributed by atoms with E-state index in [1.807, 2.05) is 4.90 Å². The Morgan fingerprint density at radius 1 is 1.19 bits per heavy atom. The number of ether oxygens (including phenoxy) is 2. The molecule has 3 rings (SSSR count). The van der Waals surface area contributed by atoms with Gasteiger partial charge in [-0.3, -0.25) is 4.79 Å². The molecule has 1 aromatic carbocycles. The number of nitrogens with one attached hydrogen (secondary N) is 1. The highest BCUT2D eigenvalue weighted by Crippen LogP contribution is 2.30. The van der Waals surface area contributed by atoms with Crippen molar-refractivity contribution in [1.82, 2.24) is 10.2 Å². The Labute approximate surface area is 131 Å². The molecule has 6 heteroatoms. The average Bonchev–Trinajstić information content (AvgIpc) is 3.07. The summed E-state index contributed by atoms with van der Waals surface area (Å²) in [6.07, 6.45) is 0. The first-order valence-corrected chi connectivity index (χ1v) is 6.95. The summed E-state index contributed by atoms with van der Waals surface area (Å²) in [6.45, 7) is 3.72. The summed E-state index contributed by atoms with van der Waals surface area (Å²) in [5.41, 5.74) is 0.612. The Balaban J connectivity index is 0.00000161. The van der Waals surface area contributed by atoms with Gasteiger partial charge in [-0.1, -0.05) is 0 Å². The highest BCUT2D eigenvalue weighted by Gasteiger charge is 2.38. The van der Waals surface area contributed by atoms with Crippen LogP contribution in [0.1, 0.15) is 10.4 Å². The first-order valence-electron chi connectivity index (χ1n) is 6.95. The SMILES string of the molecule is COc1ccc(C(=O)N2C[C@H]3CNC[C@H]3C2)c(OC)c1.Cl. The summed E-state index contributed by atoms with van der Waals surface area (Å²) in [4.78, 5) is 14.6. The Hall–Kier alpha value is -1.46. The van der Waals surface area contributed by atoms with Crippen LogP contribution in [0.4, 0.5) is 0 Å². The van der Waals surface area contributed by atoms with E-state index in [2.05, 4.69) is 5.32 Å². The third-order valence-corrected chi connectivity index (χ3v) is 4.32. The predicted octanol–water partition coefficient (Wildman–Crippen LogP) is 1.42. The van der Waals surface area contributed by atoms with Gasteiger partial charge < -0.3 is 19.7 Å². The van der Waals surface area contributed by atoms with Gasteiger partial charge in [-0.05, 0) is 24.0 Å². The second-order valence-corrected chi connectivity index (χ2v) is 5.45. The van der Waals surface area contributed by atoms with Crippen LogP contribution >= 0.6 is 12.4 Å². The van der Waals surface area contributed by atoms with E-state index in [4.69, 9.17) is 9.47 Å². The minimum absolute atomic E-state index is 0. The maximum atomic E-state index is 12.6. The second-order valence-electron chi connectivity index (χ2n) is 5.45. The number of likely N-dealkylation sites (tertiary alicyclic amines) is 1. The summed E-state index contributed by atoms with van der Waals surface area (Å²) >= 11 is 0. The second kappa shape index (κ2) is 6.54. The standard InChI is InChI=1S/C15H20N2O3.ClH/c1-19-12-3-4-13(14(5-12)20-2)15(18)17-8-10-6-16-7-11(10)9-17;/h3-5,10-11,16H,6-9H2,1-2H3;1H/t10-,11+;. The molecule has 2 atom stereocenters. The van der Waals surface area contributed by atoms with E-state index in [9.17, 15) is 4.79 Å². The van der Waals surface area contributed by atoms with Crippen molar-refractivity contribution in [3.8, 4) is 11.5 Å². The molecule has 116 valence electrons. The van der Waals surface area contributed by atoms with Crippen LogP contribution in [0.2, 0.25) is 0 Å². The zero-order valence-electron chi connectivity index (χ0n) is 12.3. The number of rotatable bonds is 3. The van der Waals surface area contributed by atoms with Crippen LogP contribution in [0.5, 0.6) is 11.5 Å². The lowest BCUT2D eigenvalue weighted by molar-refractivity contribution is 0.0778. The highest BCUT2D eigenvalue weighted by molar-refractivity contribution is 5.97. The van der Waals surface area contributed by atoms with E-state index in [1.54, 1.807) is 32.4 Å². The third-order valence-electron chi connectivity index (χ3n) is 4.32. The maximum Gasteiger partial charge on any atom is 0.257 e. The van der Waals surface area contributed by atoms with Gasteiger partial charge >= 0.3 is 0 Å². The minimum atomic E-state index is 0. The van der Waals surface area contributed by atoms with Gasteiger partial charge in [0.15, 0.2) is 0 Å². The number of hydrogen-bond acceptors (Lipinski definition) is 4. The Morgan fingerprint density at radius 3 is 2.43 bits per heavy atom. The van der Waals surface area contributed by atoms with Gasteiger partial charge in [0.25, 0.3) is 5.91 Å². The van der Waals surface area contributed by atoms with E-state index in [0.29, 0.717) is 28.9 Å². The van der Waals surface area contributed by atoms with E-state index in [0.717, 1.165) is 26.2 Å². The normalized spacial score (nSPS) is 23.4. The van der Waals surface area contributed by atoms with Crippen molar-refractivity contribution in [1.29, 1.82) is 0 Å². The van der Waals surface area contributed by atoms with Crippen molar-refractivity contribution in [3.63, 3.8) is 0 Å². The van der Waals surface area contributed by atoms with Crippen molar-refractivity contribution in [2.75, 3.05) is 40.4 Å². The number of nitrogens with zero attached hydrogens (tertiary/aromatic N) is 1. The molecule has 0 unspecified atom stereocenters. The summed E-state index contributed by atoms with van der Waals surface area (Å²) < 4.78 is 10.5. The number of carbonyl (C=O) groups is 1. The van der Waals surface area contributed by atoms with Crippen molar-refractivity contribution in [2.45, 2.75) is 0 Å². The lowest BCUT2D eigenvalue weighted by Gasteiger charge is -2.19. The van der Waals surface area contributed by atoms with Crippen LogP contribution in [0.3, 0.4) is 0 Å². The number of amides is 1. The Bertz CT molecular complexity index is 512. The fraction of sp³-hybridized carbons (Fsp3) is 0.533. The van der Waals surface area contributed by atoms with Crippen LogP contribution in [-0.4, -0.2) is 51.2 Å². The van der Waals surface area contributed by atoms with Crippen molar-refractivity contribution < 1.29 is 14.3 Å². The highest BCUT2D eigenvalue weighted by atomic mass is 35.5. The summed E-state index contributed by atoms with van der Waals surface area (Å²) in [6, 6.07) is 5.34. The van der Waals surface area contributed by atoms with Gasteiger partial charge in [0.2, 0.25) is 0 Å². The van der Waals surface area contributed by atoms with E-state index < -0.39 is 0 Å². The molecule has 2 aliphatic rings. The number of benzene rings is 1. The number of carbonyl (C=O) groups excluding carboxylic acids is 1. The zero-order chi connectivity index (χ0) is 14.1. The lowest BCUT2D eigenvalue weighted by atomic mass is 10.0. The van der Waals surface area contributed by atoms with Crippen molar-refractivity contribution in [3.05, 3.63) is 23.8 Å². The maximum absolute atomic E-state index is 12.6. The molecule has 21 heavy (non-hydrogen) atoms. The van der Waals surface area contributed by atoms with Crippen LogP contribution in [0.15, 0.2) is 18.2 Å². The van der Waals surface area contributed by atoms with E-state index in [-0.39, 0.29) is 18.3 Å². The third kappa shape index (κ3) is 2.94. The molecular formula is C15H21ClN2O3. The summed E-state index contributed by atoms with van der Waals surface area (Å²) in [5.74, 6) is 2.52. The van der Waals surface area contributed by atoms with Crippen molar-refractivity contribution in [2.24, 2.45) is 11.8 Å². The topological polar surface area (TPSA) is 50.8 Å². The van der Waals surface area contributed by atoms with E-state index >= 15 is 0 Å². The van der Waals surface area contributed by atoms with Gasteiger partial charge in [0.1, 0.15) is 11.5 Å². The molecule has 0 bridgehead atoms. The van der Waals surface area contributed by atoms with Crippen LogP contribution in [0, 0.1) is 11.8 Å². The summed E-state index contributed by atoms with van der Waals surface area (Å²) in [7, 11) is 3.18. The molecule has 2 heterocycles. The molecule has 2 aliphatic heterocycles. The smallest absolute Gasteiger partial charge is 0.257 e. The first kappa shape index (κ1) is 15.9. The fourth-order valence-electron chi connectivity index (χ4n) is 3.17. The number of halogens is 1. The van der Waals surface area contributed by atoms with Gasteiger partial charge in [-0.2, -0.15) is 0 Å². The lowest BCUT2D eigenvalue weighted by Crippen LogP contribution is -2.32. The molecule has 1 amide bonds. The van der Waals surface area contributed by atoms with E-state index in [1.165, 1.54) is 0 Å². The van der Waals surface area contributed by atoms with Gasteiger partial charge in [0, 0.05) is 32.2 Å². The quantitative estimate of drug-likeness (QED) is 0.917. The molecule has 1 N–H and O–H groups in total. The molecule has 0 saturated carbocycles. The molecule has 5 nitrogen and oxygen atoms in total. The average molecular weight is 313 g/mol. The fourth-order valence-corrected chi connectivity index (χ4v) is 3.17. The molecule has 0 spiro atoms. The predicted molar refractivity (Wildman–Crippen MR) is 82.5 cm³/mol. The van der Waals surface area contributed by atoms with Crippen LogP contribution in [0.25, 0.3) is 0 Å². The zero-order valence-corrected chi connectivity index (χ0v) is 13.1.